The van der Waals surface area contributed by atoms with E-state index in [1.54, 1.807) is 5.69 Å². The summed E-state index contributed by atoms with van der Waals surface area (Å²) in [6, 6.07) is 11.3. The summed E-state index contributed by atoms with van der Waals surface area (Å²) in [5.74, 6) is 0. The second-order valence-corrected chi connectivity index (χ2v) is 9.59. The minimum absolute atomic E-state index is 0.518. The predicted octanol–water partition coefficient (Wildman–Crippen LogP) is 3.55. The van der Waals surface area contributed by atoms with Gasteiger partial charge in [0, 0.05) is 76.5 Å². The number of anilines is 1. The van der Waals surface area contributed by atoms with E-state index in [1.807, 2.05) is 0 Å². The van der Waals surface area contributed by atoms with Crippen molar-refractivity contribution in [3.05, 3.63) is 24.3 Å². The van der Waals surface area contributed by atoms with Crippen molar-refractivity contribution in [2.45, 2.75) is 57.5 Å². The summed E-state index contributed by atoms with van der Waals surface area (Å²) >= 11 is 0. The third-order valence-corrected chi connectivity index (χ3v) is 8.31. The van der Waals surface area contributed by atoms with Crippen LogP contribution in [0.5, 0.6) is 0 Å². The predicted molar refractivity (Wildman–Crippen MR) is 112 cm³/mol. The Balaban J connectivity index is 1.37. The number of hydrogen-bond acceptors (Lipinski definition) is 3. The Labute approximate surface area is 164 Å². The zero-order chi connectivity index (χ0) is 18.3. The molecule has 1 unspecified atom stereocenters. The van der Waals surface area contributed by atoms with Crippen molar-refractivity contribution in [3.63, 3.8) is 0 Å². The highest BCUT2D eigenvalue weighted by atomic mass is 16.5. The van der Waals surface area contributed by atoms with Crippen LogP contribution in [0.4, 0.5) is 11.4 Å². The number of nitrogens with zero attached hydrogens (tertiary/aromatic N) is 2. The van der Waals surface area contributed by atoms with E-state index in [1.165, 1.54) is 81.4 Å². The van der Waals surface area contributed by atoms with Crippen molar-refractivity contribution in [1.82, 2.24) is 9.80 Å². The van der Waals surface area contributed by atoms with Crippen LogP contribution in [0.25, 0.3) is 0 Å². The zero-order valence-electron chi connectivity index (χ0n) is 17.0. The number of nitrogens with one attached hydrogen (secondary N) is 1. The average Bonchev–Trinajstić information content (AvgIpc) is 3.44. The van der Waals surface area contributed by atoms with Crippen LogP contribution in [0.15, 0.2) is 24.3 Å². The first-order valence-corrected chi connectivity index (χ1v) is 11.2. The number of quaternary nitrogens is 1. The van der Waals surface area contributed by atoms with Gasteiger partial charge in [-0.25, -0.2) is 0 Å². The lowest BCUT2D eigenvalue weighted by atomic mass is 9.80. The Kier molecular flexibility index (Phi) is 4.69. The van der Waals surface area contributed by atoms with E-state index in [-0.39, 0.29) is 0 Å². The zero-order valence-corrected chi connectivity index (χ0v) is 17.0. The fourth-order valence-corrected chi connectivity index (χ4v) is 6.58. The van der Waals surface area contributed by atoms with Gasteiger partial charge in [0.05, 0.1) is 12.6 Å². The van der Waals surface area contributed by atoms with Crippen LogP contribution in [-0.4, -0.2) is 58.0 Å². The maximum atomic E-state index is 5.61. The molecule has 0 saturated carbocycles. The van der Waals surface area contributed by atoms with Crippen LogP contribution < -0.4 is 14.7 Å². The van der Waals surface area contributed by atoms with Gasteiger partial charge in [-0.3, -0.25) is 4.48 Å². The van der Waals surface area contributed by atoms with Crippen LogP contribution in [0.3, 0.4) is 0 Å². The second kappa shape index (κ2) is 7.06. The molecule has 3 atom stereocenters. The molecule has 4 aliphatic heterocycles. The largest absolute Gasteiger partial charge is 0.381 e. The smallest absolute Gasteiger partial charge is 0.133 e. The Morgan fingerprint density at radius 1 is 1.11 bits per heavy atom. The van der Waals surface area contributed by atoms with E-state index in [4.69, 9.17) is 4.74 Å². The highest BCUT2D eigenvalue weighted by molar-refractivity contribution is 5.56. The highest BCUT2D eigenvalue weighted by Crippen LogP contribution is 2.43. The average molecular weight is 371 g/mol. The monoisotopic (exact) mass is 370 g/mol. The molecule has 4 heteroatoms. The molecule has 1 aromatic rings. The third-order valence-electron chi connectivity index (χ3n) is 8.31. The summed E-state index contributed by atoms with van der Waals surface area (Å²) in [7, 11) is 0. The summed E-state index contributed by atoms with van der Waals surface area (Å²) in [5.41, 5.74) is 3.50. The van der Waals surface area contributed by atoms with Crippen molar-refractivity contribution in [2.24, 2.45) is 5.41 Å². The molecular weight excluding hydrogens is 334 g/mol. The lowest BCUT2D eigenvalue weighted by Crippen LogP contribution is -2.59. The molecule has 4 aliphatic rings. The maximum absolute atomic E-state index is 5.61. The molecular formula is C23H36N3O+. The van der Waals surface area contributed by atoms with Crippen LogP contribution in [-0.2, 0) is 4.74 Å². The van der Waals surface area contributed by atoms with Crippen molar-refractivity contribution in [1.29, 1.82) is 0 Å². The van der Waals surface area contributed by atoms with Crippen molar-refractivity contribution < 1.29 is 4.74 Å². The first kappa shape index (κ1) is 18.0. The van der Waals surface area contributed by atoms with Crippen LogP contribution in [0.2, 0.25) is 0 Å². The van der Waals surface area contributed by atoms with E-state index in [0.717, 1.165) is 25.3 Å². The van der Waals surface area contributed by atoms with Gasteiger partial charge in [0.1, 0.15) is 11.7 Å². The molecule has 4 heterocycles. The molecule has 4 fully saturated rings. The quantitative estimate of drug-likeness (QED) is 0.824. The Bertz CT molecular complexity index is 648. The molecule has 148 valence electrons. The molecule has 27 heavy (non-hydrogen) atoms. The topological polar surface area (TPSA) is 24.5 Å². The Morgan fingerprint density at radius 3 is 2.59 bits per heavy atom. The number of hydrogen-bond donors (Lipinski definition) is 1. The highest BCUT2D eigenvalue weighted by Gasteiger charge is 2.48. The summed E-state index contributed by atoms with van der Waals surface area (Å²) in [5, 5.41) is 3.62. The van der Waals surface area contributed by atoms with Gasteiger partial charge in [0.15, 0.2) is 0 Å². The molecule has 0 aliphatic carbocycles. The summed E-state index contributed by atoms with van der Waals surface area (Å²) in [4.78, 5) is 2.63. The number of likely N-dealkylation sites (tertiary alicyclic amines) is 1. The molecule has 5 rings (SSSR count). The van der Waals surface area contributed by atoms with Gasteiger partial charge in [-0.05, 0) is 43.7 Å². The standard InChI is InChI=1S/C23H36N3O/c1-19-3-2-14-26(19,22-8-12-24-17-22)21-6-4-20(5-7-21)25-13-9-23(18-25)10-15-27-16-11-23/h4-7,19,22,24H,2-3,8-18H2,1H3/q+1/t19-,22-,26?/m0/s1. The van der Waals surface area contributed by atoms with Crippen LogP contribution in [0.1, 0.15) is 45.4 Å². The van der Waals surface area contributed by atoms with Crippen molar-refractivity contribution in [3.8, 4) is 0 Å². The lowest BCUT2D eigenvalue weighted by molar-refractivity contribution is 0.0254. The lowest BCUT2D eigenvalue weighted by Gasteiger charge is -2.43. The summed E-state index contributed by atoms with van der Waals surface area (Å²) in [6.07, 6.45) is 7.89. The van der Waals surface area contributed by atoms with E-state index in [2.05, 4.69) is 41.4 Å². The molecule has 1 N–H and O–H groups in total. The van der Waals surface area contributed by atoms with E-state index in [0.29, 0.717) is 5.41 Å². The van der Waals surface area contributed by atoms with Gasteiger partial charge >= 0.3 is 0 Å². The molecule has 4 saturated heterocycles. The second-order valence-electron chi connectivity index (χ2n) is 9.59. The van der Waals surface area contributed by atoms with Crippen molar-refractivity contribution in [2.75, 3.05) is 50.8 Å². The number of rotatable bonds is 3. The molecule has 0 aromatic heterocycles. The van der Waals surface area contributed by atoms with Gasteiger partial charge in [0.2, 0.25) is 0 Å². The van der Waals surface area contributed by atoms with Crippen molar-refractivity contribution >= 4 is 11.4 Å². The van der Waals surface area contributed by atoms with Crippen LogP contribution >= 0.6 is 0 Å². The molecule has 0 bridgehead atoms. The third kappa shape index (κ3) is 3.01. The molecule has 1 aromatic carbocycles. The first-order valence-electron chi connectivity index (χ1n) is 11.2. The minimum Gasteiger partial charge on any atom is -0.381 e. The van der Waals surface area contributed by atoms with E-state index in [9.17, 15) is 0 Å². The molecule has 1 spiro atoms. The van der Waals surface area contributed by atoms with Gasteiger partial charge in [-0.1, -0.05) is 0 Å². The fraction of sp³-hybridized carbons (Fsp3) is 0.739. The van der Waals surface area contributed by atoms with Gasteiger partial charge in [-0.2, -0.15) is 0 Å². The molecule has 0 amide bonds. The maximum Gasteiger partial charge on any atom is 0.133 e. The number of benzene rings is 1. The first-order chi connectivity index (χ1) is 13.2. The minimum atomic E-state index is 0.518. The summed E-state index contributed by atoms with van der Waals surface area (Å²) in [6.45, 7) is 10.5. The summed E-state index contributed by atoms with van der Waals surface area (Å²) < 4.78 is 6.83. The van der Waals surface area contributed by atoms with E-state index >= 15 is 0 Å². The fourth-order valence-electron chi connectivity index (χ4n) is 6.58. The molecule has 0 radical (unpaired) electrons. The van der Waals surface area contributed by atoms with Gasteiger partial charge < -0.3 is 15.0 Å². The normalized spacial score (nSPS) is 36.0. The SMILES string of the molecule is C[C@H]1CCC[N+]1(c1ccc(N2CCC3(CCOCC3)C2)cc1)[C@H]1CCNC1. The number of ether oxygens (including phenoxy) is 1. The molecule has 4 nitrogen and oxygen atoms in total. The van der Waals surface area contributed by atoms with Gasteiger partial charge in [-0.15, -0.1) is 0 Å². The van der Waals surface area contributed by atoms with Crippen LogP contribution in [0, 0.1) is 5.41 Å². The Hall–Kier alpha value is -1.10. The Morgan fingerprint density at radius 2 is 1.93 bits per heavy atom. The van der Waals surface area contributed by atoms with Gasteiger partial charge in [0.25, 0.3) is 0 Å². The van der Waals surface area contributed by atoms with E-state index < -0.39 is 0 Å².